The summed E-state index contributed by atoms with van der Waals surface area (Å²) in [4.78, 5) is 10.1. The van der Waals surface area contributed by atoms with Crippen LogP contribution in [-0.2, 0) is 16.1 Å². The SMILES string of the molecule is O=C(O)C1=Cc2ccccc2C1(O)SCCCCc1ccccc1. The Labute approximate surface area is 146 Å². The molecule has 2 aromatic carbocycles. The lowest BCUT2D eigenvalue weighted by Crippen LogP contribution is -2.26. The first-order valence-corrected chi connectivity index (χ1v) is 9.05. The van der Waals surface area contributed by atoms with E-state index in [4.69, 9.17) is 0 Å². The molecule has 0 saturated heterocycles. The van der Waals surface area contributed by atoms with Crippen molar-refractivity contribution in [2.75, 3.05) is 5.75 Å². The van der Waals surface area contributed by atoms with Crippen molar-refractivity contribution in [3.8, 4) is 0 Å². The van der Waals surface area contributed by atoms with Crippen LogP contribution >= 0.6 is 11.8 Å². The van der Waals surface area contributed by atoms with Gasteiger partial charge in [-0.3, -0.25) is 0 Å². The van der Waals surface area contributed by atoms with Gasteiger partial charge in [0.25, 0.3) is 0 Å². The number of carboxylic acids is 1. The molecule has 0 fully saturated rings. The van der Waals surface area contributed by atoms with Gasteiger partial charge < -0.3 is 10.2 Å². The number of hydrogen-bond acceptors (Lipinski definition) is 3. The molecule has 3 rings (SSSR count). The van der Waals surface area contributed by atoms with Crippen LogP contribution in [0.4, 0.5) is 0 Å². The molecule has 1 aliphatic carbocycles. The third-order valence-electron chi connectivity index (χ3n) is 4.23. The molecule has 0 radical (unpaired) electrons. The van der Waals surface area contributed by atoms with Crippen LogP contribution < -0.4 is 0 Å². The van der Waals surface area contributed by atoms with Gasteiger partial charge >= 0.3 is 5.97 Å². The molecule has 0 bridgehead atoms. The Hall–Kier alpha value is -2.04. The fourth-order valence-corrected chi connectivity index (χ4v) is 4.27. The van der Waals surface area contributed by atoms with Crippen molar-refractivity contribution in [2.24, 2.45) is 0 Å². The normalized spacial score (nSPS) is 19.0. The van der Waals surface area contributed by atoms with Gasteiger partial charge in [-0.2, -0.15) is 0 Å². The number of carboxylic acid groups (broad SMARTS) is 1. The predicted octanol–water partition coefficient (Wildman–Crippen LogP) is 4.07. The number of hydrogen-bond donors (Lipinski definition) is 2. The molecule has 3 nitrogen and oxygen atoms in total. The summed E-state index contributed by atoms with van der Waals surface area (Å²) in [6.07, 6.45) is 4.52. The standard InChI is InChI=1S/C20H20O3S/c21-19(22)18-14-16-11-4-5-12-17(16)20(18,23)24-13-7-6-10-15-8-2-1-3-9-15/h1-5,8-9,11-12,14,23H,6-7,10,13H2,(H,21,22). The van der Waals surface area contributed by atoms with Gasteiger partial charge in [-0.15, -0.1) is 11.8 Å². The van der Waals surface area contributed by atoms with E-state index < -0.39 is 10.9 Å². The Balaban J connectivity index is 1.61. The molecule has 4 heteroatoms. The third-order valence-corrected chi connectivity index (χ3v) is 5.59. The van der Waals surface area contributed by atoms with Gasteiger partial charge in [-0.05, 0) is 42.2 Å². The zero-order chi connectivity index (χ0) is 17.0. The molecular formula is C20H20O3S. The molecule has 1 aliphatic rings. The molecule has 0 saturated carbocycles. The average Bonchev–Trinajstić information content (AvgIpc) is 2.89. The maximum atomic E-state index is 11.5. The predicted molar refractivity (Wildman–Crippen MR) is 97.8 cm³/mol. The summed E-state index contributed by atoms with van der Waals surface area (Å²) >= 11 is 1.31. The number of aliphatic carboxylic acids is 1. The summed E-state index contributed by atoms with van der Waals surface area (Å²) in [5.74, 6) is -0.354. The number of thioether (sulfide) groups is 1. The first kappa shape index (κ1) is 16.8. The second-order valence-electron chi connectivity index (χ2n) is 5.89. The number of carbonyl (C=O) groups is 1. The smallest absolute Gasteiger partial charge is 0.335 e. The molecular weight excluding hydrogens is 320 g/mol. The van der Waals surface area contributed by atoms with Gasteiger partial charge in [0.1, 0.15) is 0 Å². The van der Waals surface area contributed by atoms with E-state index in [1.165, 1.54) is 17.3 Å². The van der Waals surface area contributed by atoms with Crippen LogP contribution in [0.15, 0.2) is 60.2 Å². The highest BCUT2D eigenvalue weighted by Gasteiger charge is 2.43. The van der Waals surface area contributed by atoms with Crippen molar-refractivity contribution in [1.82, 2.24) is 0 Å². The minimum Gasteiger partial charge on any atom is -0.478 e. The Morgan fingerprint density at radius 3 is 2.46 bits per heavy atom. The van der Waals surface area contributed by atoms with Gasteiger partial charge in [0.15, 0.2) is 4.93 Å². The molecule has 2 N–H and O–H groups in total. The number of aryl methyl sites for hydroxylation is 1. The largest absolute Gasteiger partial charge is 0.478 e. The Kier molecular flexibility index (Phi) is 5.07. The molecule has 24 heavy (non-hydrogen) atoms. The fraction of sp³-hybridized carbons (Fsp3) is 0.250. The van der Waals surface area contributed by atoms with Crippen molar-refractivity contribution in [3.63, 3.8) is 0 Å². The molecule has 124 valence electrons. The minimum atomic E-state index is -1.45. The van der Waals surface area contributed by atoms with E-state index in [1.807, 2.05) is 36.4 Å². The van der Waals surface area contributed by atoms with Gasteiger partial charge in [0.05, 0.1) is 5.57 Å². The number of unbranched alkanes of at least 4 members (excludes halogenated alkanes) is 1. The zero-order valence-corrected chi connectivity index (χ0v) is 14.1. The molecule has 0 heterocycles. The van der Waals surface area contributed by atoms with E-state index in [0.717, 1.165) is 24.8 Å². The van der Waals surface area contributed by atoms with Crippen LogP contribution in [0.2, 0.25) is 0 Å². The molecule has 0 aromatic heterocycles. The molecule has 1 atom stereocenters. The van der Waals surface area contributed by atoms with Crippen LogP contribution in [0.25, 0.3) is 6.08 Å². The highest BCUT2D eigenvalue weighted by atomic mass is 32.2. The lowest BCUT2D eigenvalue weighted by atomic mass is 10.1. The molecule has 0 aliphatic heterocycles. The zero-order valence-electron chi connectivity index (χ0n) is 13.3. The summed E-state index contributed by atoms with van der Waals surface area (Å²) in [5, 5.41) is 20.4. The summed E-state index contributed by atoms with van der Waals surface area (Å²) < 4.78 is 0. The fourth-order valence-electron chi connectivity index (χ4n) is 2.99. The average molecular weight is 340 g/mol. The van der Waals surface area contributed by atoms with Crippen LogP contribution in [0, 0.1) is 0 Å². The van der Waals surface area contributed by atoms with Crippen molar-refractivity contribution >= 4 is 23.8 Å². The second kappa shape index (κ2) is 7.24. The number of aliphatic hydroxyl groups is 1. The molecule has 0 amide bonds. The first-order chi connectivity index (χ1) is 11.6. The number of rotatable bonds is 7. The van der Waals surface area contributed by atoms with Crippen molar-refractivity contribution in [2.45, 2.75) is 24.2 Å². The molecule has 1 unspecified atom stereocenters. The maximum Gasteiger partial charge on any atom is 0.335 e. The Morgan fingerprint density at radius 1 is 1.00 bits per heavy atom. The number of fused-ring (bicyclic) bond motifs is 1. The van der Waals surface area contributed by atoms with Crippen molar-refractivity contribution in [1.29, 1.82) is 0 Å². The lowest BCUT2D eigenvalue weighted by Gasteiger charge is -2.25. The Morgan fingerprint density at radius 2 is 1.71 bits per heavy atom. The van der Waals surface area contributed by atoms with Gasteiger partial charge in [0.2, 0.25) is 0 Å². The van der Waals surface area contributed by atoms with Gasteiger partial charge in [0, 0.05) is 5.56 Å². The highest BCUT2D eigenvalue weighted by Crippen LogP contribution is 2.48. The van der Waals surface area contributed by atoms with E-state index in [9.17, 15) is 15.0 Å². The van der Waals surface area contributed by atoms with Crippen LogP contribution in [0.1, 0.15) is 29.5 Å². The van der Waals surface area contributed by atoms with Crippen LogP contribution in [-0.4, -0.2) is 21.9 Å². The molecule has 0 spiro atoms. The van der Waals surface area contributed by atoms with Crippen LogP contribution in [0.3, 0.4) is 0 Å². The number of benzene rings is 2. The second-order valence-corrected chi connectivity index (χ2v) is 7.17. The quantitative estimate of drug-likeness (QED) is 0.589. The van der Waals surface area contributed by atoms with Crippen LogP contribution in [0.5, 0.6) is 0 Å². The highest BCUT2D eigenvalue weighted by molar-refractivity contribution is 8.00. The Bertz CT molecular complexity index is 754. The maximum absolute atomic E-state index is 11.5. The van der Waals surface area contributed by atoms with Crippen molar-refractivity contribution < 1.29 is 15.0 Å². The van der Waals surface area contributed by atoms with E-state index in [2.05, 4.69) is 12.1 Å². The van der Waals surface area contributed by atoms with E-state index in [-0.39, 0.29) is 5.57 Å². The summed E-state index contributed by atoms with van der Waals surface area (Å²) in [7, 11) is 0. The minimum absolute atomic E-state index is 0.0526. The monoisotopic (exact) mass is 340 g/mol. The topological polar surface area (TPSA) is 57.5 Å². The molecule has 2 aromatic rings. The third kappa shape index (κ3) is 3.40. The van der Waals surface area contributed by atoms with E-state index >= 15 is 0 Å². The van der Waals surface area contributed by atoms with E-state index in [0.29, 0.717) is 11.3 Å². The van der Waals surface area contributed by atoms with Crippen molar-refractivity contribution in [3.05, 3.63) is 76.9 Å². The summed E-state index contributed by atoms with van der Waals surface area (Å²) in [5.41, 5.74) is 2.82. The van der Waals surface area contributed by atoms with Gasteiger partial charge in [-0.25, -0.2) is 4.79 Å². The lowest BCUT2D eigenvalue weighted by molar-refractivity contribution is -0.133. The van der Waals surface area contributed by atoms with Gasteiger partial charge in [-0.1, -0.05) is 54.6 Å². The van der Waals surface area contributed by atoms with E-state index in [1.54, 1.807) is 12.1 Å². The first-order valence-electron chi connectivity index (χ1n) is 8.06. The summed E-state index contributed by atoms with van der Waals surface area (Å²) in [6, 6.07) is 17.6. The summed E-state index contributed by atoms with van der Waals surface area (Å²) in [6.45, 7) is 0.